The smallest absolute Gasteiger partial charge is 0.257 e. The fourth-order valence-electron chi connectivity index (χ4n) is 3.17. The van der Waals surface area contributed by atoms with Gasteiger partial charge in [0.25, 0.3) is 5.91 Å². The standard InChI is InChI=1S/C16H18N8O3/c1-27-13-3-2-9(6-17-13)14(10-4-11(25)5-10)20-16(26)12-7-18-21-15(12)24-8-19-22-23-24/h2-3,6-8,10-11,14,25H,4-5H2,1H3,(H,18,21)(H,20,26)/t10?,11?,14-/m0/s1. The van der Waals surface area contributed by atoms with E-state index in [0.29, 0.717) is 30.1 Å². The molecule has 0 radical (unpaired) electrons. The van der Waals surface area contributed by atoms with Gasteiger partial charge in [0.1, 0.15) is 11.9 Å². The molecular weight excluding hydrogens is 352 g/mol. The van der Waals surface area contributed by atoms with Crippen molar-refractivity contribution in [2.24, 2.45) is 5.92 Å². The Labute approximate surface area is 153 Å². The Kier molecular flexibility index (Phi) is 4.50. The lowest BCUT2D eigenvalue weighted by molar-refractivity contribution is 0.0234. The van der Waals surface area contributed by atoms with Crippen LogP contribution >= 0.6 is 0 Å². The van der Waals surface area contributed by atoms with E-state index in [1.807, 2.05) is 6.07 Å². The van der Waals surface area contributed by atoms with Gasteiger partial charge in [-0.15, -0.1) is 5.10 Å². The summed E-state index contributed by atoms with van der Waals surface area (Å²) in [6.45, 7) is 0. The molecule has 3 N–H and O–H groups in total. The Morgan fingerprint density at radius 3 is 2.89 bits per heavy atom. The molecule has 3 aromatic heterocycles. The number of H-pyrrole nitrogens is 1. The van der Waals surface area contributed by atoms with Crippen molar-refractivity contribution in [1.29, 1.82) is 0 Å². The molecule has 0 spiro atoms. The van der Waals surface area contributed by atoms with Crippen LogP contribution in [0.1, 0.15) is 34.8 Å². The lowest BCUT2D eigenvalue weighted by Gasteiger charge is -2.38. The monoisotopic (exact) mass is 370 g/mol. The van der Waals surface area contributed by atoms with Crippen molar-refractivity contribution in [1.82, 2.24) is 40.7 Å². The maximum atomic E-state index is 12.9. The molecule has 140 valence electrons. The maximum absolute atomic E-state index is 12.9. The van der Waals surface area contributed by atoms with Crippen LogP contribution in [0.4, 0.5) is 0 Å². The molecule has 0 unspecified atom stereocenters. The van der Waals surface area contributed by atoms with Gasteiger partial charge in [-0.1, -0.05) is 6.07 Å². The lowest BCUT2D eigenvalue weighted by Crippen LogP contribution is -2.41. The molecule has 1 fully saturated rings. The number of hydrogen-bond donors (Lipinski definition) is 3. The third kappa shape index (κ3) is 3.36. The Bertz CT molecular complexity index is 902. The SMILES string of the molecule is COc1ccc([C@H](NC(=O)c2cn[nH]c2-n2cnnn2)C2CC(O)C2)cn1. The fourth-order valence-corrected chi connectivity index (χ4v) is 3.17. The first-order valence-electron chi connectivity index (χ1n) is 8.41. The minimum atomic E-state index is -0.341. The van der Waals surface area contributed by atoms with Gasteiger partial charge in [-0.05, 0) is 34.7 Å². The summed E-state index contributed by atoms with van der Waals surface area (Å²) in [4.78, 5) is 17.1. The fraction of sp³-hybridized carbons (Fsp3) is 0.375. The van der Waals surface area contributed by atoms with Crippen molar-refractivity contribution < 1.29 is 14.6 Å². The van der Waals surface area contributed by atoms with E-state index in [1.54, 1.807) is 19.4 Å². The number of pyridine rings is 1. The van der Waals surface area contributed by atoms with Gasteiger partial charge < -0.3 is 15.2 Å². The van der Waals surface area contributed by atoms with Gasteiger partial charge in [-0.3, -0.25) is 9.89 Å². The summed E-state index contributed by atoms with van der Waals surface area (Å²) in [6.07, 6.45) is 5.35. The predicted molar refractivity (Wildman–Crippen MR) is 91.0 cm³/mol. The summed E-state index contributed by atoms with van der Waals surface area (Å²) in [5.41, 5.74) is 1.15. The average molecular weight is 370 g/mol. The Morgan fingerprint density at radius 2 is 2.26 bits per heavy atom. The van der Waals surface area contributed by atoms with E-state index in [-0.39, 0.29) is 24.0 Å². The molecule has 1 aliphatic carbocycles. The number of aromatic nitrogens is 7. The number of aliphatic hydroxyl groups is 1. The predicted octanol–water partition coefficient (Wildman–Crippen LogP) is 0.0310. The van der Waals surface area contributed by atoms with Crippen molar-refractivity contribution in [2.75, 3.05) is 7.11 Å². The number of nitrogens with one attached hydrogen (secondary N) is 2. The van der Waals surface area contributed by atoms with Crippen LogP contribution in [-0.4, -0.2) is 59.6 Å². The minimum Gasteiger partial charge on any atom is -0.481 e. The number of aromatic amines is 1. The number of hydrogen-bond acceptors (Lipinski definition) is 8. The van der Waals surface area contributed by atoms with Gasteiger partial charge in [0.05, 0.1) is 25.5 Å². The maximum Gasteiger partial charge on any atom is 0.257 e. The van der Waals surface area contributed by atoms with Crippen LogP contribution in [0.3, 0.4) is 0 Å². The highest BCUT2D eigenvalue weighted by atomic mass is 16.5. The molecule has 3 aromatic rings. The summed E-state index contributed by atoms with van der Waals surface area (Å²) in [5.74, 6) is 0.657. The van der Waals surface area contributed by atoms with Crippen molar-refractivity contribution in [3.8, 4) is 11.7 Å². The van der Waals surface area contributed by atoms with Crippen LogP contribution in [-0.2, 0) is 0 Å². The molecule has 0 bridgehead atoms. The van der Waals surface area contributed by atoms with Gasteiger partial charge >= 0.3 is 0 Å². The molecule has 11 nitrogen and oxygen atoms in total. The second-order valence-electron chi connectivity index (χ2n) is 6.36. The molecule has 0 aliphatic heterocycles. The first kappa shape index (κ1) is 17.1. The van der Waals surface area contributed by atoms with Gasteiger partial charge in [0.2, 0.25) is 5.88 Å². The first-order valence-corrected chi connectivity index (χ1v) is 8.41. The quantitative estimate of drug-likeness (QED) is 0.551. The summed E-state index contributed by atoms with van der Waals surface area (Å²) >= 11 is 0. The van der Waals surface area contributed by atoms with E-state index in [9.17, 15) is 9.90 Å². The number of carbonyl (C=O) groups is 1. The van der Waals surface area contributed by atoms with Crippen molar-refractivity contribution >= 4 is 5.91 Å². The number of carbonyl (C=O) groups excluding carboxylic acids is 1. The molecule has 0 aromatic carbocycles. The summed E-state index contributed by atoms with van der Waals surface area (Å²) in [6, 6.07) is 3.31. The highest BCUT2D eigenvalue weighted by Gasteiger charge is 2.36. The molecule has 27 heavy (non-hydrogen) atoms. The van der Waals surface area contributed by atoms with Gasteiger partial charge in [0.15, 0.2) is 5.82 Å². The normalized spacial score (nSPS) is 19.9. The van der Waals surface area contributed by atoms with Gasteiger partial charge in [0, 0.05) is 12.3 Å². The van der Waals surface area contributed by atoms with Crippen LogP contribution in [0.5, 0.6) is 5.88 Å². The number of rotatable bonds is 6. The van der Waals surface area contributed by atoms with Crippen molar-refractivity contribution in [2.45, 2.75) is 25.0 Å². The molecule has 1 aliphatic rings. The van der Waals surface area contributed by atoms with Crippen molar-refractivity contribution in [3.63, 3.8) is 0 Å². The topological polar surface area (TPSA) is 144 Å². The third-order valence-electron chi connectivity index (χ3n) is 4.68. The van der Waals surface area contributed by atoms with E-state index in [2.05, 4.69) is 36.0 Å². The zero-order chi connectivity index (χ0) is 18.8. The van der Waals surface area contributed by atoms with Crippen LogP contribution in [0.2, 0.25) is 0 Å². The Morgan fingerprint density at radius 1 is 1.41 bits per heavy atom. The Balaban J connectivity index is 1.58. The molecule has 1 atom stereocenters. The van der Waals surface area contributed by atoms with E-state index in [1.165, 1.54) is 17.2 Å². The highest BCUT2D eigenvalue weighted by molar-refractivity contribution is 5.97. The number of amides is 1. The summed E-state index contributed by atoms with van der Waals surface area (Å²) < 4.78 is 6.42. The molecule has 0 saturated heterocycles. The van der Waals surface area contributed by atoms with E-state index in [0.717, 1.165) is 5.56 Å². The van der Waals surface area contributed by atoms with Crippen molar-refractivity contribution in [3.05, 3.63) is 42.0 Å². The molecule has 11 heteroatoms. The van der Waals surface area contributed by atoms with Crippen LogP contribution in [0.25, 0.3) is 5.82 Å². The van der Waals surface area contributed by atoms with Crippen LogP contribution < -0.4 is 10.1 Å². The third-order valence-corrected chi connectivity index (χ3v) is 4.68. The first-order chi connectivity index (χ1) is 13.2. The highest BCUT2D eigenvalue weighted by Crippen LogP contribution is 2.38. The average Bonchev–Trinajstić information content (AvgIpc) is 3.35. The van der Waals surface area contributed by atoms with E-state index in [4.69, 9.17) is 4.74 Å². The number of nitrogens with zero attached hydrogens (tertiary/aromatic N) is 6. The lowest BCUT2D eigenvalue weighted by atomic mass is 9.75. The number of tetrazole rings is 1. The second-order valence-corrected chi connectivity index (χ2v) is 6.36. The largest absolute Gasteiger partial charge is 0.481 e. The van der Waals surface area contributed by atoms with Crippen LogP contribution in [0, 0.1) is 5.92 Å². The molecule has 1 saturated carbocycles. The second kappa shape index (κ2) is 7.11. The number of aliphatic hydroxyl groups excluding tert-OH is 1. The zero-order valence-corrected chi connectivity index (χ0v) is 14.5. The van der Waals surface area contributed by atoms with Gasteiger partial charge in [-0.2, -0.15) is 9.78 Å². The van der Waals surface area contributed by atoms with E-state index < -0.39 is 0 Å². The zero-order valence-electron chi connectivity index (χ0n) is 14.5. The van der Waals surface area contributed by atoms with E-state index >= 15 is 0 Å². The minimum absolute atomic E-state index is 0.113. The number of methoxy groups -OCH3 is 1. The number of ether oxygens (including phenoxy) is 1. The van der Waals surface area contributed by atoms with Gasteiger partial charge in [-0.25, -0.2) is 4.98 Å². The molecule has 1 amide bonds. The molecular formula is C16H18N8O3. The van der Waals surface area contributed by atoms with Crippen LogP contribution in [0.15, 0.2) is 30.9 Å². The Hall–Kier alpha value is -3.34. The molecule has 3 heterocycles. The summed E-state index contributed by atoms with van der Waals surface area (Å²) in [7, 11) is 1.54. The molecule has 4 rings (SSSR count). The summed E-state index contributed by atoms with van der Waals surface area (Å²) in [5, 5.41) is 30.3.